The van der Waals surface area contributed by atoms with Crippen LogP contribution in [0, 0.1) is 6.92 Å². The molecule has 0 spiro atoms. The van der Waals surface area contributed by atoms with Crippen molar-refractivity contribution in [1.29, 1.82) is 0 Å². The first-order valence-corrected chi connectivity index (χ1v) is 6.71. The Hall–Kier alpha value is -1.88. The largest absolute Gasteiger partial charge is 0.465 e. The number of hydrogen-bond donors (Lipinski definition) is 1. The van der Waals surface area contributed by atoms with E-state index in [2.05, 4.69) is 31.2 Å². The first kappa shape index (κ1) is 12.2. The Kier molecular flexibility index (Phi) is 3.21. The van der Waals surface area contributed by atoms with Crippen LogP contribution < -0.4 is 5.32 Å². The summed E-state index contributed by atoms with van der Waals surface area (Å²) in [6.45, 7) is 2.53. The number of aryl methyl sites for hydroxylation is 1. The second-order valence-electron chi connectivity index (χ2n) is 4.25. The third kappa shape index (κ3) is 2.61. The monoisotopic (exact) mass is 317 g/mol. The number of rotatable bonds is 3. The summed E-state index contributed by atoms with van der Waals surface area (Å²) in [4.78, 5) is 8.53. The summed E-state index contributed by atoms with van der Waals surface area (Å²) in [6, 6.07) is 9.84. The van der Waals surface area contributed by atoms with Crippen molar-refractivity contribution in [2.24, 2.45) is 0 Å². The third-order valence-corrected chi connectivity index (χ3v) is 3.32. The number of anilines is 1. The van der Waals surface area contributed by atoms with E-state index in [0.29, 0.717) is 6.54 Å². The molecule has 0 fully saturated rings. The predicted molar refractivity (Wildman–Crippen MR) is 78.0 cm³/mol. The second kappa shape index (κ2) is 5.01. The summed E-state index contributed by atoms with van der Waals surface area (Å²) in [5, 5.41) is 4.27. The highest BCUT2D eigenvalue weighted by atomic mass is 79.9. The molecule has 0 aliphatic heterocycles. The first-order chi connectivity index (χ1) is 9.22. The Balaban J connectivity index is 1.90. The van der Waals surface area contributed by atoms with Crippen LogP contribution in [0.5, 0.6) is 0 Å². The molecule has 0 saturated carbocycles. The van der Waals surface area contributed by atoms with Gasteiger partial charge in [-0.15, -0.1) is 0 Å². The van der Waals surface area contributed by atoms with E-state index >= 15 is 0 Å². The molecule has 19 heavy (non-hydrogen) atoms. The van der Waals surface area contributed by atoms with Crippen LogP contribution in [0.3, 0.4) is 0 Å². The fraction of sp³-hybridized carbons (Fsp3) is 0.143. The average molecular weight is 318 g/mol. The van der Waals surface area contributed by atoms with Gasteiger partial charge >= 0.3 is 0 Å². The molecule has 3 aromatic rings. The number of benzene rings is 1. The number of furan rings is 1. The Morgan fingerprint density at radius 1 is 1.21 bits per heavy atom. The van der Waals surface area contributed by atoms with Crippen LogP contribution in [-0.4, -0.2) is 9.97 Å². The minimum atomic E-state index is 0.604. The van der Waals surface area contributed by atoms with Gasteiger partial charge in [-0.1, -0.05) is 15.9 Å². The number of halogens is 1. The third-order valence-electron chi connectivity index (χ3n) is 2.82. The van der Waals surface area contributed by atoms with Gasteiger partial charge in [-0.05, 0) is 37.3 Å². The fourth-order valence-electron chi connectivity index (χ4n) is 1.92. The molecule has 4 nitrogen and oxygen atoms in total. The standard InChI is InChI=1S/C14H12BrN3O/c1-9-2-4-11(19-9)7-16-14-12-6-10(15)3-5-13(12)17-8-18-14/h2-6,8H,7H2,1H3,(H,16,17,18). The van der Waals surface area contributed by atoms with E-state index in [0.717, 1.165) is 32.7 Å². The molecule has 0 amide bonds. The predicted octanol–water partition coefficient (Wildman–Crippen LogP) is 3.91. The summed E-state index contributed by atoms with van der Waals surface area (Å²) < 4.78 is 6.53. The van der Waals surface area contributed by atoms with E-state index in [9.17, 15) is 0 Å². The molecular formula is C14H12BrN3O. The van der Waals surface area contributed by atoms with Crippen LogP contribution in [0.25, 0.3) is 10.9 Å². The summed E-state index contributed by atoms with van der Waals surface area (Å²) in [7, 11) is 0. The highest BCUT2D eigenvalue weighted by Gasteiger charge is 2.05. The summed E-state index contributed by atoms with van der Waals surface area (Å²) in [6.07, 6.45) is 1.56. The molecule has 0 aliphatic carbocycles. The van der Waals surface area contributed by atoms with Crippen LogP contribution in [-0.2, 0) is 6.54 Å². The zero-order valence-corrected chi connectivity index (χ0v) is 11.9. The maximum Gasteiger partial charge on any atom is 0.137 e. The molecule has 96 valence electrons. The topological polar surface area (TPSA) is 51.0 Å². The van der Waals surface area contributed by atoms with E-state index in [-0.39, 0.29) is 0 Å². The molecule has 1 aromatic carbocycles. The zero-order chi connectivity index (χ0) is 13.2. The van der Waals surface area contributed by atoms with Crippen molar-refractivity contribution in [3.8, 4) is 0 Å². The van der Waals surface area contributed by atoms with Crippen molar-refractivity contribution in [2.45, 2.75) is 13.5 Å². The lowest BCUT2D eigenvalue weighted by atomic mass is 10.2. The summed E-state index contributed by atoms with van der Waals surface area (Å²) in [5.41, 5.74) is 0.913. The molecule has 0 saturated heterocycles. The molecule has 3 rings (SSSR count). The van der Waals surface area contributed by atoms with Gasteiger partial charge in [0.15, 0.2) is 0 Å². The lowest BCUT2D eigenvalue weighted by Gasteiger charge is -2.07. The van der Waals surface area contributed by atoms with E-state index in [1.807, 2.05) is 37.3 Å². The van der Waals surface area contributed by atoms with Gasteiger partial charge < -0.3 is 9.73 Å². The second-order valence-corrected chi connectivity index (χ2v) is 5.17. The molecular weight excluding hydrogens is 306 g/mol. The Labute approximate surface area is 119 Å². The Morgan fingerprint density at radius 2 is 2.11 bits per heavy atom. The lowest BCUT2D eigenvalue weighted by Crippen LogP contribution is -2.01. The van der Waals surface area contributed by atoms with Crippen molar-refractivity contribution in [2.75, 3.05) is 5.32 Å². The average Bonchev–Trinajstić information content (AvgIpc) is 2.82. The molecule has 2 heterocycles. The number of aromatic nitrogens is 2. The highest BCUT2D eigenvalue weighted by Crippen LogP contribution is 2.23. The smallest absolute Gasteiger partial charge is 0.137 e. The van der Waals surface area contributed by atoms with Crippen molar-refractivity contribution in [3.63, 3.8) is 0 Å². The van der Waals surface area contributed by atoms with Crippen LogP contribution in [0.2, 0.25) is 0 Å². The molecule has 2 aromatic heterocycles. The maximum absolute atomic E-state index is 5.53. The number of nitrogens with zero attached hydrogens (tertiary/aromatic N) is 2. The number of nitrogens with one attached hydrogen (secondary N) is 1. The van der Waals surface area contributed by atoms with Crippen LogP contribution >= 0.6 is 15.9 Å². The van der Waals surface area contributed by atoms with Gasteiger partial charge in [0.05, 0.1) is 12.1 Å². The maximum atomic E-state index is 5.53. The first-order valence-electron chi connectivity index (χ1n) is 5.92. The molecule has 5 heteroatoms. The molecule has 0 atom stereocenters. The van der Waals surface area contributed by atoms with Gasteiger partial charge in [0.25, 0.3) is 0 Å². The molecule has 0 unspecified atom stereocenters. The summed E-state index contributed by atoms with van der Waals surface area (Å²) in [5.74, 6) is 2.60. The van der Waals surface area contributed by atoms with Crippen molar-refractivity contribution < 1.29 is 4.42 Å². The normalized spacial score (nSPS) is 10.8. The van der Waals surface area contributed by atoms with Gasteiger partial charge in [0, 0.05) is 9.86 Å². The Bertz CT molecular complexity index is 724. The van der Waals surface area contributed by atoms with Gasteiger partial charge in [0.1, 0.15) is 23.7 Å². The molecule has 0 bridgehead atoms. The van der Waals surface area contributed by atoms with Gasteiger partial charge in [-0.3, -0.25) is 0 Å². The van der Waals surface area contributed by atoms with E-state index < -0.39 is 0 Å². The fourth-order valence-corrected chi connectivity index (χ4v) is 2.28. The van der Waals surface area contributed by atoms with Crippen molar-refractivity contribution in [1.82, 2.24) is 9.97 Å². The number of hydrogen-bond acceptors (Lipinski definition) is 4. The lowest BCUT2D eigenvalue weighted by molar-refractivity contribution is 0.490. The van der Waals surface area contributed by atoms with E-state index in [1.54, 1.807) is 6.33 Å². The molecule has 0 aliphatic rings. The zero-order valence-electron chi connectivity index (χ0n) is 10.4. The number of fused-ring (bicyclic) bond motifs is 1. The molecule has 0 radical (unpaired) electrons. The van der Waals surface area contributed by atoms with E-state index in [1.165, 1.54) is 0 Å². The SMILES string of the molecule is Cc1ccc(CNc2ncnc3ccc(Br)cc23)o1. The minimum absolute atomic E-state index is 0.604. The van der Waals surface area contributed by atoms with Crippen molar-refractivity contribution in [3.05, 3.63) is 52.7 Å². The highest BCUT2D eigenvalue weighted by molar-refractivity contribution is 9.10. The van der Waals surface area contributed by atoms with Crippen LogP contribution in [0.1, 0.15) is 11.5 Å². The quantitative estimate of drug-likeness (QED) is 0.795. The minimum Gasteiger partial charge on any atom is -0.465 e. The van der Waals surface area contributed by atoms with Crippen molar-refractivity contribution >= 4 is 32.7 Å². The van der Waals surface area contributed by atoms with Gasteiger partial charge in [-0.25, -0.2) is 9.97 Å². The van der Waals surface area contributed by atoms with Crippen LogP contribution in [0.15, 0.2) is 45.5 Å². The Morgan fingerprint density at radius 3 is 2.89 bits per heavy atom. The van der Waals surface area contributed by atoms with Gasteiger partial charge in [0.2, 0.25) is 0 Å². The van der Waals surface area contributed by atoms with E-state index in [4.69, 9.17) is 4.42 Å². The van der Waals surface area contributed by atoms with Gasteiger partial charge in [-0.2, -0.15) is 0 Å². The van der Waals surface area contributed by atoms with Crippen LogP contribution in [0.4, 0.5) is 5.82 Å². The summed E-state index contributed by atoms with van der Waals surface area (Å²) >= 11 is 3.46. The molecule has 1 N–H and O–H groups in total.